The van der Waals surface area contributed by atoms with E-state index in [0.29, 0.717) is 0 Å². The Morgan fingerprint density at radius 3 is 2.82 bits per heavy atom. The van der Waals surface area contributed by atoms with Crippen LogP contribution in [0.3, 0.4) is 0 Å². The smallest absolute Gasteiger partial charge is 0.0624 e. The second-order valence-electron chi connectivity index (χ2n) is 4.16. The SMILES string of the molecule is CCOCCC(Cc1cc(CC)nn1C)NN. The van der Waals surface area contributed by atoms with E-state index in [1.807, 2.05) is 18.7 Å². The summed E-state index contributed by atoms with van der Waals surface area (Å²) in [6.45, 7) is 5.60. The molecule has 5 nitrogen and oxygen atoms in total. The van der Waals surface area contributed by atoms with Crippen LogP contribution in [0.2, 0.25) is 0 Å². The van der Waals surface area contributed by atoms with Gasteiger partial charge in [0.15, 0.2) is 0 Å². The van der Waals surface area contributed by atoms with Crippen molar-refractivity contribution in [1.82, 2.24) is 15.2 Å². The number of nitrogens with two attached hydrogens (primary N) is 1. The zero-order valence-electron chi connectivity index (χ0n) is 11.1. The highest BCUT2D eigenvalue weighted by Gasteiger charge is 2.11. The summed E-state index contributed by atoms with van der Waals surface area (Å²) in [5.74, 6) is 5.56. The molecule has 17 heavy (non-hydrogen) atoms. The molecule has 1 aromatic rings. The van der Waals surface area contributed by atoms with Crippen LogP contribution < -0.4 is 11.3 Å². The van der Waals surface area contributed by atoms with Gasteiger partial charge in [-0.25, -0.2) is 0 Å². The third-order valence-electron chi connectivity index (χ3n) is 2.90. The molecule has 0 aliphatic rings. The molecule has 1 unspecified atom stereocenters. The number of hydrazine groups is 1. The first-order valence-electron chi connectivity index (χ1n) is 6.26. The molecule has 0 bridgehead atoms. The minimum absolute atomic E-state index is 0.238. The molecule has 0 fully saturated rings. The topological polar surface area (TPSA) is 65.1 Å². The standard InChI is InChI=1S/C12H24N4O/c1-4-10-8-12(16(3)15-10)9-11(14-13)6-7-17-5-2/h8,11,14H,4-7,9,13H2,1-3H3. The summed E-state index contributed by atoms with van der Waals surface area (Å²) in [4.78, 5) is 0. The Labute approximate surface area is 103 Å². The first kappa shape index (κ1) is 14.2. The van der Waals surface area contributed by atoms with Gasteiger partial charge in [0.1, 0.15) is 0 Å². The van der Waals surface area contributed by atoms with Crippen molar-refractivity contribution >= 4 is 0 Å². The second kappa shape index (κ2) is 7.42. The van der Waals surface area contributed by atoms with Crippen LogP contribution in [0.5, 0.6) is 0 Å². The van der Waals surface area contributed by atoms with Gasteiger partial charge < -0.3 is 4.74 Å². The third-order valence-corrected chi connectivity index (χ3v) is 2.90. The summed E-state index contributed by atoms with van der Waals surface area (Å²) >= 11 is 0. The molecule has 3 N–H and O–H groups in total. The zero-order chi connectivity index (χ0) is 12.7. The van der Waals surface area contributed by atoms with Crippen LogP contribution in [0.4, 0.5) is 0 Å². The highest BCUT2D eigenvalue weighted by atomic mass is 16.5. The van der Waals surface area contributed by atoms with E-state index in [-0.39, 0.29) is 6.04 Å². The van der Waals surface area contributed by atoms with E-state index in [2.05, 4.69) is 23.5 Å². The van der Waals surface area contributed by atoms with Crippen molar-refractivity contribution in [1.29, 1.82) is 0 Å². The van der Waals surface area contributed by atoms with Crippen molar-refractivity contribution in [3.8, 4) is 0 Å². The molecule has 0 aromatic carbocycles. The molecule has 0 saturated heterocycles. The van der Waals surface area contributed by atoms with Gasteiger partial charge in [-0.3, -0.25) is 16.0 Å². The maximum Gasteiger partial charge on any atom is 0.0624 e. The Kier molecular flexibility index (Phi) is 6.18. The quantitative estimate of drug-likeness (QED) is 0.400. The van der Waals surface area contributed by atoms with Crippen molar-refractivity contribution in [2.75, 3.05) is 13.2 Å². The van der Waals surface area contributed by atoms with Gasteiger partial charge >= 0.3 is 0 Å². The van der Waals surface area contributed by atoms with E-state index in [1.165, 1.54) is 5.69 Å². The van der Waals surface area contributed by atoms with Crippen LogP contribution in [0.15, 0.2) is 6.07 Å². The minimum Gasteiger partial charge on any atom is -0.382 e. The lowest BCUT2D eigenvalue weighted by atomic mass is 10.1. The van der Waals surface area contributed by atoms with E-state index in [4.69, 9.17) is 10.6 Å². The van der Waals surface area contributed by atoms with Gasteiger partial charge in [0.2, 0.25) is 0 Å². The average Bonchev–Trinajstić information content (AvgIpc) is 2.69. The largest absolute Gasteiger partial charge is 0.382 e. The normalized spacial score (nSPS) is 12.9. The van der Waals surface area contributed by atoms with Gasteiger partial charge in [-0.05, 0) is 25.8 Å². The number of aryl methyl sites for hydroxylation is 2. The van der Waals surface area contributed by atoms with Gasteiger partial charge in [0.05, 0.1) is 5.69 Å². The first-order chi connectivity index (χ1) is 8.21. The molecular weight excluding hydrogens is 216 g/mol. The molecule has 1 rings (SSSR count). The fraction of sp³-hybridized carbons (Fsp3) is 0.750. The summed E-state index contributed by atoms with van der Waals surface area (Å²) < 4.78 is 7.28. The zero-order valence-corrected chi connectivity index (χ0v) is 11.1. The van der Waals surface area contributed by atoms with Crippen LogP contribution in [0, 0.1) is 0 Å². The first-order valence-corrected chi connectivity index (χ1v) is 6.26. The third kappa shape index (κ3) is 4.46. The summed E-state index contributed by atoms with van der Waals surface area (Å²) in [7, 11) is 1.98. The number of nitrogens with zero attached hydrogens (tertiary/aromatic N) is 2. The van der Waals surface area contributed by atoms with Crippen molar-refractivity contribution in [2.45, 2.75) is 39.2 Å². The van der Waals surface area contributed by atoms with Crippen molar-refractivity contribution in [3.05, 3.63) is 17.5 Å². The highest BCUT2D eigenvalue weighted by molar-refractivity contribution is 5.11. The number of rotatable bonds is 8. The Hall–Kier alpha value is -0.910. The molecule has 0 saturated carbocycles. The van der Waals surface area contributed by atoms with Crippen LogP contribution in [0.1, 0.15) is 31.7 Å². The predicted octanol–water partition coefficient (Wildman–Crippen LogP) is 0.784. The fourth-order valence-electron chi connectivity index (χ4n) is 1.80. The fourth-order valence-corrected chi connectivity index (χ4v) is 1.80. The van der Waals surface area contributed by atoms with Gasteiger partial charge in [-0.1, -0.05) is 6.92 Å². The summed E-state index contributed by atoms with van der Waals surface area (Å²) in [5, 5.41) is 4.43. The molecule has 0 spiro atoms. The van der Waals surface area contributed by atoms with E-state index < -0.39 is 0 Å². The Bertz CT molecular complexity index is 324. The van der Waals surface area contributed by atoms with Crippen molar-refractivity contribution in [2.24, 2.45) is 12.9 Å². The molecule has 1 aromatic heterocycles. The summed E-state index contributed by atoms with van der Waals surface area (Å²) in [6.07, 6.45) is 2.76. The number of aromatic nitrogens is 2. The molecular formula is C12H24N4O. The Morgan fingerprint density at radius 2 is 2.29 bits per heavy atom. The number of hydrogen-bond donors (Lipinski definition) is 2. The predicted molar refractivity (Wildman–Crippen MR) is 68.5 cm³/mol. The molecule has 1 atom stereocenters. The molecule has 98 valence electrons. The summed E-state index contributed by atoms with van der Waals surface area (Å²) in [6, 6.07) is 2.38. The average molecular weight is 240 g/mol. The van der Waals surface area contributed by atoms with Crippen LogP contribution in [-0.4, -0.2) is 29.0 Å². The van der Waals surface area contributed by atoms with Crippen molar-refractivity contribution < 1.29 is 4.74 Å². The molecule has 0 radical (unpaired) electrons. The Balaban J connectivity index is 2.51. The summed E-state index contributed by atoms with van der Waals surface area (Å²) in [5.41, 5.74) is 5.18. The lowest BCUT2D eigenvalue weighted by Gasteiger charge is -2.15. The van der Waals surface area contributed by atoms with Crippen molar-refractivity contribution in [3.63, 3.8) is 0 Å². The monoisotopic (exact) mass is 240 g/mol. The number of nitrogens with one attached hydrogen (secondary N) is 1. The molecule has 1 heterocycles. The Morgan fingerprint density at radius 1 is 1.53 bits per heavy atom. The van der Waals surface area contributed by atoms with Gasteiger partial charge in [0, 0.05) is 38.4 Å². The van der Waals surface area contributed by atoms with Crippen LogP contribution in [-0.2, 0) is 24.6 Å². The van der Waals surface area contributed by atoms with E-state index in [1.54, 1.807) is 0 Å². The van der Waals surface area contributed by atoms with Gasteiger partial charge in [0.25, 0.3) is 0 Å². The molecule has 0 aliphatic carbocycles. The molecule has 5 heteroatoms. The maximum atomic E-state index is 5.56. The van der Waals surface area contributed by atoms with Crippen LogP contribution in [0.25, 0.3) is 0 Å². The number of ether oxygens (including phenoxy) is 1. The molecule has 0 aliphatic heterocycles. The van der Waals surface area contributed by atoms with Gasteiger partial charge in [-0.15, -0.1) is 0 Å². The molecule has 0 amide bonds. The lowest BCUT2D eigenvalue weighted by molar-refractivity contribution is 0.136. The van der Waals surface area contributed by atoms with E-state index in [9.17, 15) is 0 Å². The number of hydrogen-bond acceptors (Lipinski definition) is 4. The van der Waals surface area contributed by atoms with Gasteiger partial charge in [-0.2, -0.15) is 5.10 Å². The van der Waals surface area contributed by atoms with E-state index >= 15 is 0 Å². The minimum atomic E-state index is 0.238. The second-order valence-corrected chi connectivity index (χ2v) is 4.16. The lowest BCUT2D eigenvalue weighted by Crippen LogP contribution is -2.38. The maximum absolute atomic E-state index is 5.56. The van der Waals surface area contributed by atoms with E-state index in [0.717, 1.165) is 38.2 Å². The highest BCUT2D eigenvalue weighted by Crippen LogP contribution is 2.08. The van der Waals surface area contributed by atoms with Crippen LogP contribution >= 0.6 is 0 Å².